The van der Waals surface area contributed by atoms with Crippen molar-refractivity contribution in [2.45, 2.75) is 57.8 Å². The van der Waals surface area contributed by atoms with Crippen LogP contribution in [-0.2, 0) is 5.41 Å². The number of rotatable bonds is 2. The van der Waals surface area contributed by atoms with Crippen molar-refractivity contribution in [2.24, 2.45) is 5.92 Å². The Balaban J connectivity index is 1.95. The highest BCUT2D eigenvalue weighted by molar-refractivity contribution is 5.97. The van der Waals surface area contributed by atoms with Gasteiger partial charge in [-0.3, -0.25) is 4.79 Å². The lowest BCUT2D eigenvalue weighted by Gasteiger charge is -2.43. The molecule has 1 unspecified atom stereocenters. The predicted octanol–water partition coefficient (Wildman–Crippen LogP) is 4.31. The number of hydrogen-bond donors (Lipinski definition) is 0. The van der Waals surface area contributed by atoms with E-state index >= 15 is 0 Å². The number of carbonyl (C=O) groups is 1. The Bertz CT molecular complexity index is 544. The molecule has 1 saturated carbocycles. The monoisotopic (exact) mass is 285 g/mol. The zero-order valence-corrected chi connectivity index (χ0v) is 13.6. The Kier molecular flexibility index (Phi) is 3.81. The van der Waals surface area contributed by atoms with Crippen molar-refractivity contribution in [3.63, 3.8) is 0 Å². The summed E-state index contributed by atoms with van der Waals surface area (Å²) in [5.41, 5.74) is 3.59. The second kappa shape index (κ2) is 5.47. The lowest BCUT2D eigenvalue weighted by molar-refractivity contribution is 0.0709. The fraction of sp³-hybridized carbons (Fsp3) is 0.632. The summed E-state index contributed by atoms with van der Waals surface area (Å²) in [7, 11) is 1.95. The summed E-state index contributed by atoms with van der Waals surface area (Å²) in [5.74, 6) is 1.02. The number of benzene rings is 1. The molecule has 2 aliphatic rings. The zero-order valence-electron chi connectivity index (χ0n) is 13.6. The fourth-order valence-electron chi connectivity index (χ4n) is 4.43. The van der Waals surface area contributed by atoms with E-state index < -0.39 is 0 Å². The molecule has 1 aromatic carbocycles. The van der Waals surface area contributed by atoms with E-state index in [9.17, 15) is 4.79 Å². The first-order valence-electron chi connectivity index (χ1n) is 8.36. The minimum absolute atomic E-state index is 0.117. The van der Waals surface area contributed by atoms with Crippen LogP contribution in [0.1, 0.15) is 66.9 Å². The van der Waals surface area contributed by atoms with E-state index in [2.05, 4.69) is 26.0 Å². The molecule has 3 rings (SSSR count). The lowest BCUT2D eigenvalue weighted by Crippen LogP contribution is -2.47. The van der Waals surface area contributed by atoms with Gasteiger partial charge in [-0.2, -0.15) is 0 Å². The van der Waals surface area contributed by atoms with Crippen LogP contribution in [-0.4, -0.2) is 24.4 Å². The highest BCUT2D eigenvalue weighted by Crippen LogP contribution is 2.41. The molecule has 0 aromatic heterocycles. The molecule has 0 radical (unpaired) electrons. The van der Waals surface area contributed by atoms with E-state index in [1.54, 1.807) is 0 Å². The zero-order chi connectivity index (χ0) is 15.0. The summed E-state index contributed by atoms with van der Waals surface area (Å²) in [6, 6.07) is 6.35. The van der Waals surface area contributed by atoms with Gasteiger partial charge in [-0.1, -0.05) is 56.7 Å². The largest absolute Gasteiger partial charge is 0.341 e. The van der Waals surface area contributed by atoms with Gasteiger partial charge in [0.05, 0.1) is 0 Å². The van der Waals surface area contributed by atoms with E-state index in [4.69, 9.17) is 0 Å². The Hall–Kier alpha value is -1.31. The maximum absolute atomic E-state index is 12.4. The van der Waals surface area contributed by atoms with Crippen LogP contribution >= 0.6 is 0 Å². The van der Waals surface area contributed by atoms with Crippen LogP contribution in [0, 0.1) is 12.8 Å². The van der Waals surface area contributed by atoms with E-state index in [1.807, 2.05) is 18.0 Å². The Morgan fingerprint density at radius 3 is 2.67 bits per heavy atom. The highest BCUT2D eigenvalue weighted by Gasteiger charge is 2.39. The van der Waals surface area contributed by atoms with Crippen molar-refractivity contribution in [2.75, 3.05) is 13.6 Å². The smallest absolute Gasteiger partial charge is 0.253 e. The summed E-state index contributed by atoms with van der Waals surface area (Å²) in [6.45, 7) is 5.35. The molecule has 114 valence electrons. The van der Waals surface area contributed by atoms with Gasteiger partial charge in [-0.15, -0.1) is 0 Å². The molecule has 21 heavy (non-hydrogen) atoms. The first-order chi connectivity index (χ1) is 9.99. The molecule has 1 aromatic rings. The van der Waals surface area contributed by atoms with Gasteiger partial charge in [0.25, 0.3) is 5.91 Å². The third-order valence-electron chi connectivity index (χ3n) is 5.45. The maximum atomic E-state index is 12.4. The summed E-state index contributed by atoms with van der Waals surface area (Å²) < 4.78 is 0. The summed E-state index contributed by atoms with van der Waals surface area (Å²) >= 11 is 0. The number of amides is 1. The summed E-state index contributed by atoms with van der Waals surface area (Å²) in [5, 5.41) is 0. The molecule has 0 saturated heterocycles. The molecular formula is C19H27NO. The van der Waals surface area contributed by atoms with Gasteiger partial charge in [-0.25, -0.2) is 0 Å². The van der Waals surface area contributed by atoms with E-state index in [-0.39, 0.29) is 11.3 Å². The van der Waals surface area contributed by atoms with Crippen molar-refractivity contribution in [3.8, 4) is 0 Å². The van der Waals surface area contributed by atoms with Crippen molar-refractivity contribution in [1.82, 2.24) is 4.90 Å². The Morgan fingerprint density at radius 1 is 1.24 bits per heavy atom. The number of nitrogens with zero attached hydrogens (tertiary/aromatic N) is 1. The van der Waals surface area contributed by atoms with E-state index in [1.165, 1.54) is 49.7 Å². The SMILES string of the molecule is Cc1ccc2c(c1)C(C)(CC1CCCCC1)CN(C)C2=O. The quantitative estimate of drug-likeness (QED) is 0.793. The molecule has 1 fully saturated rings. The minimum Gasteiger partial charge on any atom is -0.341 e. The Labute approximate surface area is 128 Å². The molecule has 1 heterocycles. The number of likely N-dealkylation sites (N-methyl/N-ethyl adjacent to an activating group) is 1. The van der Waals surface area contributed by atoms with Crippen LogP contribution in [0.4, 0.5) is 0 Å². The normalized spacial score (nSPS) is 26.8. The first-order valence-corrected chi connectivity index (χ1v) is 8.36. The standard InChI is InChI=1S/C19H27NO/c1-14-9-10-16-17(11-14)19(2,13-20(3)18(16)21)12-15-7-5-4-6-8-15/h9-11,15H,4-8,12-13H2,1-3H3. The highest BCUT2D eigenvalue weighted by atomic mass is 16.2. The third kappa shape index (κ3) is 2.73. The lowest BCUT2D eigenvalue weighted by atomic mass is 9.68. The topological polar surface area (TPSA) is 20.3 Å². The third-order valence-corrected chi connectivity index (χ3v) is 5.45. The van der Waals surface area contributed by atoms with Crippen molar-refractivity contribution in [1.29, 1.82) is 0 Å². The van der Waals surface area contributed by atoms with Crippen molar-refractivity contribution < 1.29 is 4.79 Å². The number of carbonyl (C=O) groups excluding carboxylic acids is 1. The van der Waals surface area contributed by atoms with Gasteiger partial charge in [0, 0.05) is 24.6 Å². The second-order valence-electron chi connectivity index (χ2n) is 7.48. The molecule has 1 aliphatic carbocycles. The van der Waals surface area contributed by atoms with Gasteiger partial charge in [0.1, 0.15) is 0 Å². The van der Waals surface area contributed by atoms with Crippen LogP contribution < -0.4 is 0 Å². The average molecular weight is 285 g/mol. The molecule has 2 heteroatoms. The summed E-state index contributed by atoms with van der Waals surface area (Å²) in [4.78, 5) is 14.4. The average Bonchev–Trinajstić information content (AvgIpc) is 2.46. The van der Waals surface area contributed by atoms with E-state index in [0.29, 0.717) is 0 Å². The number of fused-ring (bicyclic) bond motifs is 1. The van der Waals surface area contributed by atoms with Crippen molar-refractivity contribution in [3.05, 3.63) is 34.9 Å². The molecule has 1 atom stereocenters. The molecule has 0 N–H and O–H groups in total. The molecule has 2 nitrogen and oxygen atoms in total. The fourth-order valence-corrected chi connectivity index (χ4v) is 4.43. The Morgan fingerprint density at radius 2 is 1.95 bits per heavy atom. The maximum Gasteiger partial charge on any atom is 0.253 e. The first kappa shape index (κ1) is 14.6. The number of hydrogen-bond acceptors (Lipinski definition) is 1. The van der Waals surface area contributed by atoms with Crippen LogP contribution in [0.25, 0.3) is 0 Å². The summed E-state index contributed by atoms with van der Waals surface area (Å²) in [6.07, 6.45) is 8.14. The molecule has 1 aliphatic heterocycles. The number of aryl methyl sites for hydroxylation is 1. The second-order valence-corrected chi connectivity index (χ2v) is 7.48. The van der Waals surface area contributed by atoms with Crippen LogP contribution in [0.5, 0.6) is 0 Å². The van der Waals surface area contributed by atoms with Gasteiger partial charge in [0.2, 0.25) is 0 Å². The molecular weight excluding hydrogens is 258 g/mol. The minimum atomic E-state index is 0.117. The van der Waals surface area contributed by atoms with Gasteiger partial charge < -0.3 is 4.90 Å². The predicted molar refractivity (Wildman–Crippen MR) is 86.7 cm³/mol. The molecule has 0 bridgehead atoms. The van der Waals surface area contributed by atoms with Gasteiger partial charge >= 0.3 is 0 Å². The molecule has 1 amide bonds. The van der Waals surface area contributed by atoms with Gasteiger partial charge in [0.15, 0.2) is 0 Å². The van der Waals surface area contributed by atoms with Crippen LogP contribution in [0.15, 0.2) is 18.2 Å². The molecule has 0 spiro atoms. The van der Waals surface area contributed by atoms with Gasteiger partial charge in [-0.05, 0) is 30.9 Å². The van der Waals surface area contributed by atoms with Crippen LogP contribution in [0.3, 0.4) is 0 Å². The van der Waals surface area contributed by atoms with Crippen LogP contribution in [0.2, 0.25) is 0 Å². The van der Waals surface area contributed by atoms with Crippen molar-refractivity contribution >= 4 is 5.91 Å². The van der Waals surface area contributed by atoms with E-state index in [0.717, 1.165) is 18.0 Å².